The summed E-state index contributed by atoms with van der Waals surface area (Å²) >= 11 is 0. The Balaban J connectivity index is 1.81. The predicted octanol–water partition coefficient (Wildman–Crippen LogP) is 4.14. The van der Waals surface area contributed by atoms with Gasteiger partial charge < -0.3 is 14.8 Å². The first-order valence-corrected chi connectivity index (χ1v) is 8.98. The molecule has 0 amide bonds. The highest BCUT2D eigenvalue weighted by atomic mass is 16.5. The zero-order valence-electron chi connectivity index (χ0n) is 15.6. The Morgan fingerprint density at radius 1 is 1.26 bits per heavy atom. The molecule has 3 rings (SSSR count). The molecule has 0 fully saturated rings. The molecule has 0 aliphatic heterocycles. The lowest BCUT2D eigenvalue weighted by molar-refractivity contribution is -0.139. The molecule has 0 bridgehead atoms. The minimum atomic E-state index is -0.377. The Bertz CT molecular complexity index is 1090. The van der Waals surface area contributed by atoms with E-state index in [1.54, 1.807) is 19.1 Å². The molecule has 3 aromatic rings. The Labute approximate surface area is 157 Å². The van der Waals surface area contributed by atoms with E-state index in [-0.39, 0.29) is 17.1 Å². The zero-order valence-corrected chi connectivity index (χ0v) is 15.6. The van der Waals surface area contributed by atoms with Crippen LogP contribution in [0.4, 0.5) is 0 Å². The third-order valence-corrected chi connectivity index (χ3v) is 4.62. The molecule has 0 aliphatic rings. The van der Waals surface area contributed by atoms with E-state index in [4.69, 9.17) is 4.74 Å². The number of H-pyrrole nitrogens is 1. The number of carbonyl (C=O) groups is 1. The largest absolute Gasteiger partial charge is 0.507 e. The van der Waals surface area contributed by atoms with Crippen LogP contribution in [0.1, 0.15) is 30.9 Å². The van der Waals surface area contributed by atoms with Crippen molar-refractivity contribution in [2.75, 3.05) is 6.61 Å². The van der Waals surface area contributed by atoms with Gasteiger partial charge in [0.15, 0.2) is 0 Å². The molecule has 5 nitrogen and oxygen atoms in total. The van der Waals surface area contributed by atoms with Gasteiger partial charge in [-0.15, -0.1) is 0 Å². The number of fused-ring (bicyclic) bond motifs is 2. The van der Waals surface area contributed by atoms with Crippen LogP contribution in [0.3, 0.4) is 0 Å². The number of benzene rings is 2. The number of ether oxygens (including phenoxy) is 1. The van der Waals surface area contributed by atoms with Gasteiger partial charge in [-0.3, -0.25) is 4.79 Å². The highest BCUT2D eigenvalue weighted by molar-refractivity contribution is 5.96. The molecule has 0 saturated carbocycles. The van der Waals surface area contributed by atoms with Crippen molar-refractivity contribution in [1.82, 2.24) is 4.98 Å². The van der Waals surface area contributed by atoms with E-state index in [0.29, 0.717) is 41.3 Å². The van der Waals surface area contributed by atoms with Crippen molar-refractivity contribution < 1.29 is 14.6 Å². The molecule has 140 valence electrons. The van der Waals surface area contributed by atoms with Crippen LogP contribution in [0.15, 0.2) is 47.3 Å². The third kappa shape index (κ3) is 3.87. The lowest BCUT2D eigenvalue weighted by Gasteiger charge is -2.09. The number of hydrogen-bond acceptors (Lipinski definition) is 4. The summed E-state index contributed by atoms with van der Waals surface area (Å²) in [5, 5.41) is 11.3. The van der Waals surface area contributed by atoms with Gasteiger partial charge in [-0.25, -0.2) is 4.79 Å². The number of phenolic OH excluding ortho intramolecular Hbond substituents is 1. The molecular weight excluding hydrogens is 342 g/mol. The summed E-state index contributed by atoms with van der Waals surface area (Å²) in [6.45, 7) is 7.44. The summed E-state index contributed by atoms with van der Waals surface area (Å²) in [4.78, 5) is 27.4. The topological polar surface area (TPSA) is 79.4 Å². The molecule has 0 spiro atoms. The fourth-order valence-electron chi connectivity index (χ4n) is 3.18. The van der Waals surface area contributed by atoms with Crippen molar-refractivity contribution in [3.8, 4) is 5.75 Å². The second-order valence-electron chi connectivity index (χ2n) is 6.86. The van der Waals surface area contributed by atoms with Crippen molar-refractivity contribution in [1.29, 1.82) is 0 Å². The minimum absolute atomic E-state index is 0.0131. The van der Waals surface area contributed by atoms with E-state index < -0.39 is 0 Å². The van der Waals surface area contributed by atoms with E-state index in [0.717, 1.165) is 23.1 Å². The number of hydrogen-bond donors (Lipinski definition) is 2. The Hall–Kier alpha value is -3.08. The van der Waals surface area contributed by atoms with Crippen molar-refractivity contribution in [3.63, 3.8) is 0 Å². The molecule has 1 aromatic heterocycles. The van der Waals surface area contributed by atoms with Crippen LogP contribution in [-0.2, 0) is 16.0 Å². The normalized spacial score (nSPS) is 11.0. The fourth-order valence-corrected chi connectivity index (χ4v) is 3.18. The number of carbonyl (C=O) groups excluding carboxylic acids is 1. The van der Waals surface area contributed by atoms with Crippen LogP contribution in [0.2, 0.25) is 0 Å². The predicted molar refractivity (Wildman–Crippen MR) is 107 cm³/mol. The van der Waals surface area contributed by atoms with Crippen molar-refractivity contribution >= 4 is 27.8 Å². The number of phenols is 1. The van der Waals surface area contributed by atoms with E-state index in [1.165, 1.54) is 0 Å². The number of aromatic amines is 1. The molecule has 2 N–H and O–H groups in total. The Morgan fingerprint density at radius 2 is 2.04 bits per heavy atom. The van der Waals surface area contributed by atoms with Crippen LogP contribution >= 0.6 is 0 Å². The van der Waals surface area contributed by atoms with E-state index >= 15 is 0 Å². The average molecular weight is 365 g/mol. The summed E-state index contributed by atoms with van der Waals surface area (Å²) in [6.07, 6.45) is 2.22. The van der Waals surface area contributed by atoms with Gasteiger partial charge in [0.25, 0.3) is 0 Å². The Morgan fingerprint density at radius 3 is 2.78 bits per heavy atom. The lowest BCUT2D eigenvalue weighted by atomic mass is 10.0. The van der Waals surface area contributed by atoms with Gasteiger partial charge in [0, 0.05) is 11.0 Å². The summed E-state index contributed by atoms with van der Waals surface area (Å²) in [5.74, 6) is -0.390. The molecule has 27 heavy (non-hydrogen) atoms. The van der Waals surface area contributed by atoms with Crippen molar-refractivity contribution in [3.05, 3.63) is 63.8 Å². The molecule has 1 heterocycles. The summed E-state index contributed by atoms with van der Waals surface area (Å²) < 4.78 is 5.08. The number of pyridine rings is 1. The molecule has 5 heteroatoms. The third-order valence-electron chi connectivity index (χ3n) is 4.62. The van der Waals surface area contributed by atoms with Gasteiger partial charge in [-0.2, -0.15) is 0 Å². The number of aromatic hydroxyl groups is 1. The zero-order chi connectivity index (χ0) is 19.6. The number of unbranched alkanes of at least 4 members (excludes halogenated alkanes) is 1. The first-order valence-electron chi connectivity index (χ1n) is 8.98. The van der Waals surface area contributed by atoms with Gasteiger partial charge >= 0.3 is 5.97 Å². The first-order chi connectivity index (χ1) is 12.9. The van der Waals surface area contributed by atoms with Crippen molar-refractivity contribution in [2.24, 2.45) is 0 Å². The molecule has 0 atom stereocenters. The quantitative estimate of drug-likeness (QED) is 0.298. The number of rotatable bonds is 6. The summed E-state index contributed by atoms with van der Waals surface area (Å²) in [7, 11) is 0. The molecule has 0 unspecified atom stereocenters. The standard InChI is InChI=1S/C22H23NO4/c1-13(2)22(26)27-10-5-4-8-15-11-17-19(18(24)12-15)21(25)16-9-6-7-14(3)20(16)23-17/h6-7,9,11-12,24H,1,4-5,8,10H2,2-3H3,(H,23,25). The fraction of sp³-hybridized carbons (Fsp3) is 0.273. The summed E-state index contributed by atoms with van der Waals surface area (Å²) in [5.41, 5.74) is 3.55. The van der Waals surface area contributed by atoms with Crippen LogP contribution in [0.25, 0.3) is 21.8 Å². The van der Waals surface area contributed by atoms with Crippen LogP contribution in [0, 0.1) is 6.92 Å². The monoisotopic (exact) mass is 365 g/mol. The minimum Gasteiger partial charge on any atom is -0.507 e. The number of esters is 1. The van der Waals surface area contributed by atoms with E-state index in [9.17, 15) is 14.7 Å². The lowest BCUT2D eigenvalue weighted by Crippen LogP contribution is -2.07. The highest BCUT2D eigenvalue weighted by Gasteiger charge is 2.12. The van der Waals surface area contributed by atoms with Crippen LogP contribution in [0.5, 0.6) is 5.75 Å². The van der Waals surface area contributed by atoms with Crippen LogP contribution in [-0.4, -0.2) is 22.7 Å². The second kappa shape index (κ2) is 7.66. The highest BCUT2D eigenvalue weighted by Crippen LogP contribution is 2.26. The maximum atomic E-state index is 12.8. The number of aromatic nitrogens is 1. The van der Waals surface area contributed by atoms with Gasteiger partial charge in [0.05, 0.1) is 23.0 Å². The first kappa shape index (κ1) is 18.7. The van der Waals surface area contributed by atoms with Gasteiger partial charge in [0.1, 0.15) is 5.75 Å². The van der Waals surface area contributed by atoms with Gasteiger partial charge in [-0.05, 0) is 62.4 Å². The number of para-hydroxylation sites is 1. The summed E-state index contributed by atoms with van der Waals surface area (Å²) in [6, 6.07) is 9.09. The maximum absolute atomic E-state index is 12.8. The number of aryl methyl sites for hydroxylation is 2. The van der Waals surface area contributed by atoms with E-state index in [2.05, 4.69) is 11.6 Å². The molecular formula is C22H23NO4. The molecule has 0 radical (unpaired) electrons. The number of nitrogens with one attached hydrogen (secondary N) is 1. The van der Waals surface area contributed by atoms with E-state index in [1.807, 2.05) is 25.1 Å². The maximum Gasteiger partial charge on any atom is 0.333 e. The Kier molecular flexibility index (Phi) is 5.31. The smallest absolute Gasteiger partial charge is 0.333 e. The molecule has 2 aromatic carbocycles. The van der Waals surface area contributed by atoms with Crippen LogP contribution < -0.4 is 5.43 Å². The molecule has 0 saturated heterocycles. The van der Waals surface area contributed by atoms with Gasteiger partial charge in [0.2, 0.25) is 5.43 Å². The second-order valence-corrected chi connectivity index (χ2v) is 6.86. The average Bonchev–Trinajstić information content (AvgIpc) is 2.62. The van der Waals surface area contributed by atoms with Gasteiger partial charge in [-0.1, -0.05) is 18.7 Å². The SMILES string of the molecule is C=C(C)C(=O)OCCCCc1cc(O)c2c(=O)c3cccc(C)c3[nH]c2c1. The molecule has 0 aliphatic carbocycles. The van der Waals surface area contributed by atoms with Crippen molar-refractivity contribution in [2.45, 2.75) is 33.1 Å².